The standard InChI is InChI=1S/C12H20BrNO2S2/c1-3-5-6-10(4-2)9-14-18(15,16)12-11(13)7-8-17-12/h7-8,10,14H,3-6,9H2,1-2H3. The third-order valence-corrected chi connectivity index (χ3v) is 7.03. The Morgan fingerprint density at radius 3 is 2.67 bits per heavy atom. The van der Waals surface area contributed by atoms with E-state index in [1.165, 1.54) is 11.3 Å². The van der Waals surface area contributed by atoms with E-state index < -0.39 is 10.0 Å². The maximum atomic E-state index is 12.1. The van der Waals surface area contributed by atoms with Crippen molar-refractivity contribution < 1.29 is 8.42 Å². The van der Waals surface area contributed by atoms with Crippen LogP contribution in [0.15, 0.2) is 20.1 Å². The Labute approximate surface area is 122 Å². The van der Waals surface area contributed by atoms with Crippen molar-refractivity contribution in [1.82, 2.24) is 4.72 Å². The molecule has 1 unspecified atom stereocenters. The number of hydrogen-bond donors (Lipinski definition) is 1. The highest BCUT2D eigenvalue weighted by Crippen LogP contribution is 2.27. The molecule has 0 fully saturated rings. The van der Waals surface area contributed by atoms with Gasteiger partial charge >= 0.3 is 0 Å². The van der Waals surface area contributed by atoms with Gasteiger partial charge in [0.25, 0.3) is 10.0 Å². The molecule has 0 saturated heterocycles. The molecule has 0 saturated carbocycles. The predicted molar refractivity (Wildman–Crippen MR) is 80.5 cm³/mol. The number of sulfonamides is 1. The molecule has 6 heteroatoms. The lowest BCUT2D eigenvalue weighted by atomic mass is 10.00. The van der Waals surface area contributed by atoms with E-state index in [2.05, 4.69) is 34.5 Å². The molecule has 1 heterocycles. The largest absolute Gasteiger partial charge is 0.251 e. The lowest BCUT2D eigenvalue weighted by molar-refractivity contribution is 0.444. The van der Waals surface area contributed by atoms with E-state index in [0.717, 1.165) is 25.7 Å². The predicted octanol–water partition coefficient (Wildman–Crippen LogP) is 4.01. The molecule has 0 radical (unpaired) electrons. The van der Waals surface area contributed by atoms with Crippen LogP contribution in [0.25, 0.3) is 0 Å². The van der Waals surface area contributed by atoms with E-state index in [9.17, 15) is 8.42 Å². The van der Waals surface area contributed by atoms with Crippen LogP contribution in [0.2, 0.25) is 0 Å². The Balaban J connectivity index is 2.59. The van der Waals surface area contributed by atoms with Crippen LogP contribution in [0.1, 0.15) is 39.5 Å². The minimum Gasteiger partial charge on any atom is -0.210 e. The van der Waals surface area contributed by atoms with Gasteiger partial charge in [-0.3, -0.25) is 0 Å². The summed E-state index contributed by atoms with van der Waals surface area (Å²) >= 11 is 4.50. The van der Waals surface area contributed by atoms with Gasteiger partial charge in [0.2, 0.25) is 0 Å². The lowest BCUT2D eigenvalue weighted by Gasteiger charge is -2.15. The fourth-order valence-electron chi connectivity index (χ4n) is 1.71. The molecule has 1 N–H and O–H groups in total. The van der Waals surface area contributed by atoms with Gasteiger partial charge in [-0.15, -0.1) is 11.3 Å². The van der Waals surface area contributed by atoms with Crippen LogP contribution in [0.3, 0.4) is 0 Å². The summed E-state index contributed by atoms with van der Waals surface area (Å²) in [6, 6.07) is 1.76. The molecule has 0 amide bonds. The Bertz CT molecular complexity index is 456. The van der Waals surface area contributed by atoms with E-state index in [1.807, 2.05) is 0 Å². The highest BCUT2D eigenvalue weighted by Gasteiger charge is 2.20. The molecule has 0 aliphatic heterocycles. The quantitative estimate of drug-likeness (QED) is 0.767. The topological polar surface area (TPSA) is 46.2 Å². The summed E-state index contributed by atoms with van der Waals surface area (Å²) < 4.78 is 27.9. The zero-order chi connectivity index (χ0) is 13.6. The fourth-order valence-corrected chi connectivity index (χ4v) is 5.20. The average Bonchev–Trinajstić information content (AvgIpc) is 2.76. The number of hydrogen-bond acceptors (Lipinski definition) is 3. The molecule has 104 valence electrons. The summed E-state index contributed by atoms with van der Waals surface area (Å²) in [7, 11) is -3.36. The van der Waals surface area contributed by atoms with Gasteiger partial charge in [-0.25, -0.2) is 13.1 Å². The highest BCUT2D eigenvalue weighted by atomic mass is 79.9. The Hall–Kier alpha value is 0.0900. The van der Waals surface area contributed by atoms with E-state index in [4.69, 9.17) is 0 Å². The molecule has 0 spiro atoms. The average molecular weight is 354 g/mol. The van der Waals surface area contributed by atoms with Gasteiger partial charge in [0.1, 0.15) is 4.21 Å². The number of nitrogens with one attached hydrogen (secondary N) is 1. The minimum absolute atomic E-state index is 0.368. The SMILES string of the molecule is CCCCC(CC)CNS(=O)(=O)c1sccc1Br. The maximum absolute atomic E-state index is 12.1. The molecule has 3 nitrogen and oxygen atoms in total. The first-order chi connectivity index (χ1) is 8.51. The molecule has 0 aliphatic rings. The molecule has 18 heavy (non-hydrogen) atoms. The van der Waals surface area contributed by atoms with Crippen molar-refractivity contribution in [3.8, 4) is 0 Å². The van der Waals surface area contributed by atoms with Crippen LogP contribution in [0.4, 0.5) is 0 Å². The number of halogens is 1. The Kier molecular flexibility index (Phi) is 6.84. The summed E-state index contributed by atoms with van der Waals surface area (Å²) in [5, 5.41) is 1.77. The van der Waals surface area contributed by atoms with Crippen molar-refractivity contribution in [2.75, 3.05) is 6.54 Å². The first-order valence-corrected chi connectivity index (χ1v) is 9.39. The Morgan fingerprint density at radius 1 is 1.44 bits per heavy atom. The van der Waals surface area contributed by atoms with Gasteiger partial charge < -0.3 is 0 Å². The van der Waals surface area contributed by atoms with Gasteiger partial charge in [0.15, 0.2) is 0 Å². The summed E-state index contributed by atoms with van der Waals surface area (Å²) in [6.07, 6.45) is 4.40. The first kappa shape index (κ1) is 16.1. The summed E-state index contributed by atoms with van der Waals surface area (Å²) in [6.45, 7) is 4.79. The third kappa shape index (κ3) is 4.64. The summed E-state index contributed by atoms with van der Waals surface area (Å²) in [4.78, 5) is 0. The zero-order valence-corrected chi connectivity index (χ0v) is 14.0. The second-order valence-electron chi connectivity index (χ2n) is 4.32. The third-order valence-electron chi connectivity index (χ3n) is 2.93. The van der Waals surface area contributed by atoms with E-state index in [1.54, 1.807) is 11.4 Å². The lowest BCUT2D eigenvalue weighted by Crippen LogP contribution is -2.29. The monoisotopic (exact) mass is 353 g/mol. The molecule has 1 aromatic rings. The molecule has 0 aliphatic carbocycles. The van der Waals surface area contributed by atoms with E-state index in [-0.39, 0.29) is 0 Å². The van der Waals surface area contributed by atoms with Gasteiger partial charge in [-0.2, -0.15) is 0 Å². The van der Waals surface area contributed by atoms with Gasteiger partial charge in [-0.05, 0) is 39.7 Å². The first-order valence-electron chi connectivity index (χ1n) is 6.23. The van der Waals surface area contributed by atoms with Gasteiger partial charge in [-0.1, -0.05) is 33.1 Å². The van der Waals surface area contributed by atoms with Crippen LogP contribution in [0.5, 0.6) is 0 Å². The number of rotatable bonds is 8. The molecule has 1 atom stereocenters. The molecule has 1 aromatic heterocycles. The minimum atomic E-state index is -3.36. The van der Waals surface area contributed by atoms with Crippen LogP contribution < -0.4 is 4.72 Å². The van der Waals surface area contributed by atoms with Gasteiger partial charge in [0.05, 0.1) is 0 Å². The zero-order valence-electron chi connectivity index (χ0n) is 10.8. The van der Waals surface area contributed by atoms with Crippen molar-refractivity contribution >= 4 is 37.3 Å². The van der Waals surface area contributed by atoms with Crippen LogP contribution in [-0.4, -0.2) is 15.0 Å². The van der Waals surface area contributed by atoms with Crippen LogP contribution in [0, 0.1) is 5.92 Å². The van der Waals surface area contributed by atoms with E-state index >= 15 is 0 Å². The van der Waals surface area contributed by atoms with Crippen molar-refractivity contribution in [1.29, 1.82) is 0 Å². The second kappa shape index (κ2) is 7.62. The fraction of sp³-hybridized carbons (Fsp3) is 0.667. The molecule has 0 bridgehead atoms. The van der Waals surface area contributed by atoms with Crippen molar-refractivity contribution in [3.63, 3.8) is 0 Å². The highest BCUT2D eigenvalue weighted by molar-refractivity contribution is 9.10. The maximum Gasteiger partial charge on any atom is 0.251 e. The van der Waals surface area contributed by atoms with Gasteiger partial charge in [0, 0.05) is 11.0 Å². The van der Waals surface area contributed by atoms with Crippen molar-refractivity contribution in [2.45, 2.75) is 43.7 Å². The normalized spacial score (nSPS) is 13.7. The second-order valence-corrected chi connectivity index (χ2v) is 8.06. The Morgan fingerprint density at radius 2 is 2.17 bits per heavy atom. The van der Waals surface area contributed by atoms with Crippen LogP contribution in [-0.2, 0) is 10.0 Å². The smallest absolute Gasteiger partial charge is 0.210 e. The van der Waals surface area contributed by atoms with Crippen LogP contribution >= 0.6 is 27.3 Å². The number of thiophene rings is 1. The van der Waals surface area contributed by atoms with Crippen molar-refractivity contribution in [2.24, 2.45) is 5.92 Å². The molecule has 1 rings (SSSR count). The summed E-state index contributed by atoms with van der Waals surface area (Å²) in [5.41, 5.74) is 0. The summed E-state index contributed by atoms with van der Waals surface area (Å²) in [5.74, 6) is 0.429. The van der Waals surface area contributed by atoms with Crippen molar-refractivity contribution in [3.05, 3.63) is 15.9 Å². The molecule has 0 aromatic carbocycles. The molecular formula is C12H20BrNO2S2. The molecular weight excluding hydrogens is 334 g/mol. The number of unbranched alkanes of at least 4 members (excludes halogenated alkanes) is 1. The van der Waals surface area contributed by atoms with E-state index in [0.29, 0.717) is 21.1 Å².